The SMILES string of the molecule is CCCCCC(CSc1ccccc1C)NCC. The van der Waals surface area contributed by atoms with Crippen LogP contribution in [0.1, 0.15) is 45.1 Å². The number of thioether (sulfide) groups is 1. The summed E-state index contributed by atoms with van der Waals surface area (Å²) in [5.41, 5.74) is 1.39. The van der Waals surface area contributed by atoms with E-state index in [-0.39, 0.29) is 0 Å². The van der Waals surface area contributed by atoms with E-state index in [0.717, 1.165) is 6.54 Å². The molecule has 0 amide bonds. The van der Waals surface area contributed by atoms with Gasteiger partial charge >= 0.3 is 0 Å². The third-order valence-corrected chi connectivity index (χ3v) is 4.52. The van der Waals surface area contributed by atoms with Crippen molar-refractivity contribution >= 4 is 11.8 Å². The molecule has 0 saturated heterocycles. The van der Waals surface area contributed by atoms with Crippen LogP contribution in [-0.2, 0) is 0 Å². The maximum absolute atomic E-state index is 3.61. The Kier molecular flexibility index (Phi) is 8.19. The molecule has 1 aromatic carbocycles. The van der Waals surface area contributed by atoms with E-state index in [4.69, 9.17) is 0 Å². The Morgan fingerprint density at radius 3 is 2.61 bits per heavy atom. The second-order valence-corrected chi connectivity index (χ2v) is 5.89. The van der Waals surface area contributed by atoms with Gasteiger partial charge in [-0.25, -0.2) is 0 Å². The van der Waals surface area contributed by atoms with E-state index in [9.17, 15) is 0 Å². The molecule has 1 unspecified atom stereocenters. The minimum atomic E-state index is 0.658. The van der Waals surface area contributed by atoms with Crippen LogP contribution in [0.3, 0.4) is 0 Å². The molecule has 0 spiro atoms. The Hall–Kier alpha value is -0.470. The summed E-state index contributed by atoms with van der Waals surface area (Å²) >= 11 is 1.99. The minimum absolute atomic E-state index is 0.658. The Balaban J connectivity index is 2.39. The van der Waals surface area contributed by atoms with Crippen LogP contribution in [0.25, 0.3) is 0 Å². The number of benzene rings is 1. The Bertz CT molecular complexity index is 325. The molecular formula is C16H27NS. The number of aryl methyl sites for hydroxylation is 1. The Morgan fingerprint density at radius 2 is 1.94 bits per heavy atom. The zero-order chi connectivity index (χ0) is 13.2. The molecule has 1 N–H and O–H groups in total. The highest BCUT2D eigenvalue weighted by Crippen LogP contribution is 2.23. The Morgan fingerprint density at radius 1 is 1.17 bits per heavy atom. The van der Waals surface area contributed by atoms with Crippen LogP contribution >= 0.6 is 11.8 Å². The summed E-state index contributed by atoms with van der Waals surface area (Å²) in [5, 5.41) is 3.61. The molecule has 1 rings (SSSR count). The van der Waals surface area contributed by atoms with Crippen LogP contribution in [0, 0.1) is 6.92 Å². The quantitative estimate of drug-likeness (QED) is 0.515. The van der Waals surface area contributed by atoms with Gasteiger partial charge in [0.15, 0.2) is 0 Å². The number of unbranched alkanes of at least 4 members (excludes halogenated alkanes) is 2. The van der Waals surface area contributed by atoms with Gasteiger partial charge in [-0.15, -0.1) is 11.8 Å². The van der Waals surface area contributed by atoms with Gasteiger partial charge in [0, 0.05) is 16.7 Å². The fourth-order valence-electron chi connectivity index (χ4n) is 2.08. The molecule has 102 valence electrons. The van der Waals surface area contributed by atoms with Crippen molar-refractivity contribution in [2.75, 3.05) is 12.3 Å². The number of hydrogen-bond acceptors (Lipinski definition) is 2. The fraction of sp³-hybridized carbons (Fsp3) is 0.625. The zero-order valence-electron chi connectivity index (χ0n) is 12.0. The minimum Gasteiger partial charge on any atom is -0.313 e. The lowest BCUT2D eigenvalue weighted by molar-refractivity contribution is 0.506. The summed E-state index contributed by atoms with van der Waals surface area (Å²) in [4.78, 5) is 1.43. The molecule has 0 saturated carbocycles. The third kappa shape index (κ3) is 5.92. The molecule has 0 fully saturated rings. The van der Waals surface area contributed by atoms with Crippen molar-refractivity contribution in [3.8, 4) is 0 Å². The van der Waals surface area contributed by atoms with Crippen molar-refractivity contribution < 1.29 is 0 Å². The second-order valence-electron chi connectivity index (χ2n) is 4.83. The van der Waals surface area contributed by atoms with Crippen molar-refractivity contribution in [1.29, 1.82) is 0 Å². The molecule has 1 aromatic rings. The summed E-state index contributed by atoms with van der Waals surface area (Å²) < 4.78 is 0. The van der Waals surface area contributed by atoms with Crippen LogP contribution in [-0.4, -0.2) is 18.3 Å². The van der Waals surface area contributed by atoms with Gasteiger partial charge in [0.25, 0.3) is 0 Å². The smallest absolute Gasteiger partial charge is 0.0161 e. The summed E-state index contributed by atoms with van der Waals surface area (Å²) in [6.45, 7) is 7.74. The van der Waals surface area contributed by atoms with Gasteiger partial charge in [0.1, 0.15) is 0 Å². The summed E-state index contributed by atoms with van der Waals surface area (Å²) in [5.74, 6) is 1.18. The molecule has 0 aromatic heterocycles. The van der Waals surface area contributed by atoms with Crippen LogP contribution in [0.4, 0.5) is 0 Å². The fourth-order valence-corrected chi connectivity index (χ4v) is 3.22. The zero-order valence-corrected chi connectivity index (χ0v) is 12.9. The molecule has 2 heteroatoms. The van der Waals surface area contributed by atoms with Crippen molar-refractivity contribution in [3.05, 3.63) is 29.8 Å². The van der Waals surface area contributed by atoms with Gasteiger partial charge in [0.2, 0.25) is 0 Å². The molecule has 0 radical (unpaired) electrons. The molecule has 1 nitrogen and oxygen atoms in total. The first-order valence-electron chi connectivity index (χ1n) is 7.19. The first-order chi connectivity index (χ1) is 8.77. The molecule has 18 heavy (non-hydrogen) atoms. The lowest BCUT2D eigenvalue weighted by Crippen LogP contribution is -2.31. The van der Waals surface area contributed by atoms with Crippen LogP contribution in [0.5, 0.6) is 0 Å². The van der Waals surface area contributed by atoms with E-state index in [1.165, 1.54) is 41.9 Å². The van der Waals surface area contributed by atoms with E-state index >= 15 is 0 Å². The number of rotatable bonds is 9. The highest BCUT2D eigenvalue weighted by Gasteiger charge is 2.08. The van der Waals surface area contributed by atoms with Crippen molar-refractivity contribution in [2.45, 2.75) is 57.4 Å². The van der Waals surface area contributed by atoms with E-state index in [0.29, 0.717) is 6.04 Å². The molecular weight excluding hydrogens is 238 g/mol. The lowest BCUT2D eigenvalue weighted by atomic mass is 10.1. The monoisotopic (exact) mass is 265 g/mol. The predicted molar refractivity (Wildman–Crippen MR) is 83.5 cm³/mol. The van der Waals surface area contributed by atoms with E-state index < -0.39 is 0 Å². The Labute approximate surface area is 117 Å². The van der Waals surface area contributed by atoms with Gasteiger partial charge in [0.05, 0.1) is 0 Å². The molecule has 0 aliphatic heterocycles. The number of hydrogen-bond donors (Lipinski definition) is 1. The van der Waals surface area contributed by atoms with Gasteiger partial charge in [-0.2, -0.15) is 0 Å². The van der Waals surface area contributed by atoms with Gasteiger partial charge < -0.3 is 5.32 Å². The van der Waals surface area contributed by atoms with Crippen molar-refractivity contribution in [3.63, 3.8) is 0 Å². The average Bonchev–Trinajstić information content (AvgIpc) is 2.38. The molecule has 0 heterocycles. The second kappa shape index (κ2) is 9.46. The van der Waals surface area contributed by atoms with Crippen LogP contribution < -0.4 is 5.32 Å². The molecule has 1 atom stereocenters. The van der Waals surface area contributed by atoms with Crippen molar-refractivity contribution in [2.24, 2.45) is 0 Å². The van der Waals surface area contributed by atoms with E-state index in [2.05, 4.69) is 50.4 Å². The van der Waals surface area contributed by atoms with E-state index in [1.54, 1.807) is 0 Å². The molecule has 0 bridgehead atoms. The van der Waals surface area contributed by atoms with E-state index in [1.807, 2.05) is 11.8 Å². The normalized spacial score (nSPS) is 12.6. The predicted octanol–water partition coefficient (Wildman–Crippen LogP) is 4.65. The topological polar surface area (TPSA) is 12.0 Å². The third-order valence-electron chi connectivity index (χ3n) is 3.18. The molecule has 0 aliphatic carbocycles. The van der Waals surface area contributed by atoms with Gasteiger partial charge in [-0.05, 0) is 31.5 Å². The lowest BCUT2D eigenvalue weighted by Gasteiger charge is -2.17. The highest BCUT2D eigenvalue weighted by molar-refractivity contribution is 7.99. The summed E-state index contributed by atoms with van der Waals surface area (Å²) in [6, 6.07) is 9.33. The first kappa shape index (κ1) is 15.6. The largest absolute Gasteiger partial charge is 0.313 e. The maximum Gasteiger partial charge on any atom is 0.0161 e. The highest BCUT2D eigenvalue weighted by atomic mass is 32.2. The van der Waals surface area contributed by atoms with Crippen LogP contribution in [0.15, 0.2) is 29.2 Å². The van der Waals surface area contributed by atoms with Gasteiger partial charge in [-0.3, -0.25) is 0 Å². The molecule has 0 aliphatic rings. The van der Waals surface area contributed by atoms with Crippen molar-refractivity contribution in [1.82, 2.24) is 5.32 Å². The maximum atomic E-state index is 3.61. The summed E-state index contributed by atoms with van der Waals surface area (Å²) in [6.07, 6.45) is 5.32. The standard InChI is InChI=1S/C16H27NS/c1-4-6-7-11-15(17-5-2)13-18-16-12-9-8-10-14(16)3/h8-10,12,15,17H,4-7,11,13H2,1-3H3. The van der Waals surface area contributed by atoms with Crippen LogP contribution in [0.2, 0.25) is 0 Å². The van der Waals surface area contributed by atoms with Gasteiger partial charge in [-0.1, -0.05) is 51.3 Å². The first-order valence-corrected chi connectivity index (χ1v) is 8.18. The average molecular weight is 265 g/mol. The summed E-state index contributed by atoms with van der Waals surface area (Å²) in [7, 11) is 0. The number of nitrogens with one attached hydrogen (secondary N) is 1.